The molecule has 0 unspecified atom stereocenters. The molecule has 3 aromatic rings. The van der Waals surface area contributed by atoms with Crippen LogP contribution in [0.25, 0.3) is 5.69 Å². The fourth-order valence-corrected chi connectivity index (χ4v) is 3.48. The first kappa shape index (κ1) is 16.4. The van der Waals surface area contributed by atoms with Crippen LogP contribution in [-0.4, -0.2) is 15.3 Å². The van der Waals surface area contributed by atoms with E-state index < -0.39 is 0 Å². The number of rotatable bonds is 4. The Kier molecular flexibility index (Phi) is 3.99. The van der Waals surface area contributed by atoms with Crippen LogP contribution in [0.3, 0.4) is 0 Å². The minimum Gasteiger partial charge on any atom is -0.320 e. The lowest BCUT2D eigenvalue weighted by Gasteiger charge is -2.07. The third kappa shape index (κ3) is 2.75. The van der Waals surface area contributed by atoms with E-state index in [2.05, 4.69) is 5.32 Å². The normalized spacial score (nSPS) is 18.5. The maximum Gasteiger partial charge on any atom is 0.295 e. The summed E-state index contributed by atoms with van der Waals surface area (Å²) in [5.74, 6) is 0.100. The smallest absolute Gasteiger partial charge is 0.295 e. The van der Waals surface area contributed by atoms with Crippen molar-refractivity contribution in [2.75, 3.05) is 5.32 Å². The SMILES string of the molecule is Cc1c(NC(=O)[C@@H]2C[C@H]2c2ccccc2)c(=O)n(-c2ccccc2)n1C. The van der Waals surface area contributed by atoms with Crippen LogP contribution in [0.4, 0.5) is 5.69 Å². The van der Waals surface area contributed by atoms with Gasteiger partial charge in [0.25, 0.3) is 5.56 Å². The van der Waals surface area contributed by atoms with Crippen LogP contribution >= 0.6 is 0 Å². The van der Waals surface area contributed by atoms with Crippen molar-refractivity contribution in [2.45, 2.75) is 19.3 Å². The predicted molar refractivity (Wildman–Crippen MR) is 102 cm³/mol. The highest BCUT2D eigenvalue weighted by Crippen LogP contribution is 2.47. The van der Waals surface area contributed by atoms with Crippen molar-refractivity contribution in [3.63, 3.8) is 0 Å². The van der Waals surface area contributed by atoms with Crippen molar-refractivity contribution in [3.05, 3.63) is 82.3 Å². The molecule has 0 aliphatic heterocycles. The predicted octanol–water partition coefficient (Wildman–Crippen LogP) is 3.23. The number of aromatic nitrogens is 2. The molecule has 132 valence electrons. The molecular formula is C21H21N3O2. The molecule has 0 spiro atoms. The van der Waals surface area contributed by atoms with Crippen LogP contribution in [0.2, 0.25) is 0 Å². The number of nitrogens with one attached hydrogen (secondary N) is 1. The van der Waals surface area contributed by atoms with Gasteiger partial charge in [-0.15, -0.1) is 0 Å². The lowest BCUT2D eigenvalue weighted by Crippen LogP contribution is -2.23. The largest absolute Gasteiger partial charge is 0.320 e. The molecule has 1 heterocycles. The second kappa shape index (κ2) is 6.33. The highest BCUT2D eigenvalue weighted by atomic mass is 16.2. The van der Waals surface area contributed by atoms with Crippen molar-refractivity contribution >= 4 is 11.6 Å². The van der Waals surface area contributed by atoms with Crippen molar-refractivity contribution in [2.24, 2.45) is 13.0 Å². The number of hydrogen-bond acceptors (Lipinski definition) is 2. The minimum absolute atomic E-state index is 0.0680. The van der Waals surface area contributed by atoms with Crippen LogP contribution in [0.1, 0.15) is 23.6 Å². The molecule has 1 aromatic heterocycles. The van der Waals surface area contributed by atoms with Gasteiger partial charge in [0.15, 0.2) is 0 Å². The molecule has 2 atom stereocenters. The number of benzene rings is 2. The van der Waals surface area contributed by atoms with E-state index >= 15 is 0 Å². The van der Waals surface area contributed by atoms with Crippen LogP contribution in [0.5, 0.6) is 0 Å². The van der Waals surface area contributed by atoms with Gasteiger partial charge in [0, 0.05) is 13.0 Å². The van der Waals surface area contributed by atoms with Gasteiger partial charge >= 0.3 is 0 Å². The molecule has 26 heavy (non-hydrogen) atoms. The summed E-state index contributed by atoms with van der Waals surface area (Å²) in [7, 11) is 1.82. The third-order valence-corrected chi connectivity index (χ3v) is 5.16. The van der Waals surface area contributed by atoms with Gasteiger partial charge in [-0.05, 0) is 37.0 Å². The van der Waals surface area contributed by atoms with Crippen LogP contribution in [0, 0.1) is 12.8 Å². The van der Waals surface area contributed by atoms with Gasteiger partial charge in [-0.1, -0.05) is 48.5 Å². The molecule has 2 aromatic carbocycles. The highest BCUT2D eigenvalue weighted by Gasteiger charge is 2.44. The Labute approximate surface area is 151 Å². The Hall–Kier alpha value is -3.08. The van der Waals surface area contributed by atoms with E-state index in [9.17, 15) is 9.59 Å². The van der Waals surface area contributed by atoms with E-state index in [1.807, 2.05) is 74.6 Å². The monoisotopic (exact) mass is 347 g/mol. The van der Waals surface area contributed by atoms with Gasteiger partial charge < -0.3 is 5.32 Å². The molecule has 0 radical (unpaired) electrons. The summed E-state index contributed by atoms with van der Waals surface area (Å²) in [5, 5.41) is 2.88. The molecule has 0 saturated heterocycles. The zero-order valence-corrected chi connectivity index (χ0v) is 14.8. The third-order valence-electron chi connectivity index (χ3n) is 5.16. The first-order valence-corrected chi connectivity index (χ1v) is 8.77. The maximum absolute atomic E-state index is 12.9. The van der Waals surface area contributed by atoms with Crippen molar-refractivity contribution in [1.29, 1.82) is 0 Å². The zero-order valence-electron chi connectivity index (χ0n) is 14.8. The van der Waals surface area contributed by atoms with Crippen molar-refractivity contribution < 1.29 is 4.79 Å². The van der Waals surface area contributed by atoms with E-state index in [-0.39, 0.29) is 23.3 Å². The number of anilines is 1. The second-order valence-electron chi connectivity index (χ2n) is 6.79. The Bertz CT molecular complexity index is 1000. The average molecular weight is 347 g/mol. The molecule has 0 bridgehead atoms. The van der Waals surface area contributed by atoms with Gasteiger partial charge in [-0.2, -0.15) is 0 Å². The first-order valence-electron chi connectivity index (χ1n) is 8.77. The van der Waals surface area contributed by atoms with Crippen LogP contribution in [-0.2, 0) is 11.8 Å². The molecule has 1 aliphatic rings. The van der Waals surface area contributed by atoms with E-state index in [0.29, 0.717) is 5.69 Å². The van der Waals surface area contributed by atoms with Crippen molar-refractivity contribution in [3.8, 4) is 5.69 Å². The average Bonchev–Trinajstić information content (AvgIpc) is 3.44. The van der Waals surface area contributed by atoms with Gasteiger partial charge in [-0.25, -0.2) is 4.68 Å². The molecular weight excluding hydrogens is 326 g/mol. The highest BCUT2D eigenvalue weighted by molar-refractivity contribution is 5.95. The fourth-order valence-electron chi connectivity index (χ4n) is 3.48. The Morgan fingerprint density at radius 2 is 1.65 bits per heavy atom. The number of hydrogen-bond donors (Lipinski definition) is 1. The lowest BCUT2D eigenvalue weighted by molar-refractivity contribution is -0.117. The molecule has 1 saturated carbocycles. The fraction of sp³-hybridized carbons (Fsp3) is 0.238. The molecule has 4 rings (SSSR count). The van der Waals surface area contributed by atoms with Gasteiger partial charge in [0.05, 0.1) is 11.4 Å². The number of carbonyl (C=O) groups is 1. The number of para-hydroxylation sites is 1. The van der Waals surface area contributed by atoms with E-state index in [0.717, 1.165) is 17.8 Å². The summed E-state index contributed by atoms with van der Waals surface area (Å²) in [6, 6.07) is 19.5. The summed E-state index contributed by atoms with van der Waals surface area (Å²) in [6.45, 7) is 1.85. The zero-order chi connectivity index (χ0) is 18.3. The van der Waals surface area contributed by atoms with Crippen LogP contribution < -0.4 is 10.9 Å². The Morgan fingerprint density at radius 1 is 1.04 bits per heavy atom. The lowest BCUT2D eigenvalue weighted by atomic mass is 10.1. The van der Waals surface area contributed by atoms with E-state index in [4.69, 9.17) is 0 Å². The molecule has 1 fully saturated rings. The molecule has 5 heteroatoms. The first-order chi connectivity index (χ1) is 12.6. The maximum atomic E-state index is 12.9. The van der Waals surface area contributed by atoms with E-state index in [1.165, 1.54) is 5.56 Å². The number of amides is 1. The summed E-state index contributed by atoms with van der Waals surface area (Å²) < 4.78 is 3.35. The second-order valence-corrected chi connectivity index (χ2v) is 6.79. The molecule has 5 nitrogen and oxygen atoms in total. The molecule has 1 aliphatic carbocycles. The minimum atomic E-state index is -0.207. The number of carbonyl (C=O) groups excluding carboxylic acids is 1. The van der Waals surface area contributed by atoms with Gasteiger partial charge in [-0.3, -0.25) is 14.3 Å². The molecule has 1 N–H and O–H groups in total. The standard InChI is InChI=1S/C21H21N3O2/c1-14-19(21(26)24(23(14)2)16-11-7-4-8-12-16)22-20(25)18-13-17(18)15-9-5-3-6-10-15/h3-12,17-18H,13H2,1-2H3,(H,22,25)/t17-,18+/m0/s1. The topological polar surface area (TPSA) is 56.0 Å². The van der Waals surface area contributed by atoms with Gasteiger partial charge in [0.1, 0.15) is 5.69 Å². The van der Waals surface area contributed by atoms with Crippen LogP contribution in [0.15, 0.2) is 65.5 Å². The summed E-state index contributed by atoms with van der Waals surface area (Å²) >= 11 is 0. The number of nitrogens with zero attached hydrogens (tertiary/aromatic N) is 2. The van der Waals surface area contributed by atoms with Gasteiger partial charge in [0.2, 0.25) is 5.91 Å². The van der Waals surface area contributed by atoms with Crippen molar-refractivity contribution in [1.82, 2.24) is 9.36 Å². The summed E-state index contributed by atoms with van der Waals surface area (Å²) in [4.78, 5) is 25.5. The quantitative estimate of drug-likeness (QED) is 0.788. The van der Waals surface area contributed by atoms with E-state index in [1.54, 1.807) is 9.36 Å². The Balaban J connectivity index is 1.58. The Morgan fingerprint density at radius 3 is 2.31 bits per heavy atom. The summed E-state index contributed by atoms with van der Waals surface area (Å²) in [5.41, 5.74) is 2.85. The summed E-state index contributed by atoms with van der Waals surface area (Å²) in [6.07, 6.45) is 0.828. The molecule has 1 amide bonds.